The molecular formula is C24H34N4O2. The molecule has 2 aromatic carbocycles. The van der Waals surface area contributed by atoms with E-state index in [4.69, 9.17) is 4.74 Å². The van der Waals surface area contributed by atoms with E-state index < -0.39 is 0 Å². The number of nitrogens with zero attached hydrogens (tertiary/aromatic N) is 2. The van der Waals surface area contributed by atoms with Crippen LogP contribution in [0.2, 0.25) is 0 Å². The van der Waals surface area contributed by atoms with Gasteiger partial charge in [-0.15, -0.1) is 0 Å². The van der Waals surface area contributed by atoms with Gasteiger partial charge in [0.15, 0.2) is 5.96 Å². The number of aryl methyl sites for hydroxylation is 1. The Morgan fingerprint density at radius 3 is 2.33 bits per heavy atom. The van der Waals surface area contributed by atoms with Crippen LogP contribution < -0.4 is 15.4 Å². The van der Waals surface area contributed by atoms with Gasteiger partial charge in [0.05, 0.1) is 7.11 Å². The molecule has 0 heterocycles. The zero-order valence-electron chi connectivity index (χ0n) is 18.5. The van der Waals surface area contributed by atoms with Gasteiger partial charge in [-0.2, -0.15) is 0 Å². The third-order valence-corrected chi connectivity index (χ3v) is 4.83. The molecule has 30 heavy (non-hydrogen) atoms. The van der Waals surface area contributed by atoms with Gasteiger partial charge in [-0.3, -0.25) is 4.79 Å². The van der Waals surface area contributed by atoms with Gasteiger partial charge in [0.25, 0.3) is 0 Å². The van der Waals surface area contributed by atoms with Gasteiger partial charge in [-0.1, -0.05) is 42.5 Å². The van der Waals surface area contributed by atoms with E-state index in [-0.39, 0.29) is 18.5 Å². The van der Waals surface area contributed by atoms with E-state index in [2.05, 4.69) is 58.9 Å². The Hall–Kier alpha value is -3.02. The summed E-state index contributed by atoms with van der Waals surface area (Å²) in [5, 5.41) is 6.79. The zero-order valence-corrected chi connectivity index (χ0v) is 18.5. The predicted octanol–water partition coefficient (Wildman–Crippen LogP) is 2.88. The van der Waals surface area contributed by atoms with E-state index in [9.17, 15) is 4.79 Å². The number of amides is 1. The van der Waals surface area contributed by atoms with E-state index >= 15 is 0 Å². The number of hydrogen-bond acceptors (Lipinski definition) is 3. The van der Waals surface area contributed by atoms with E-state index in [1.165, 1.54) is 11.1 Å². The number of hydrogen-bond donors (Lipinski definition) is 2. The lowest BCUT2D eigenvalue weighted by molar-refractivity contribution is -0.127. The second kappa shape index (κ2) is 12.5. The lowest BCUT2D eigenvalue weighted by atomic mass is 10.1. The van der Waals surface area contributed by atoms with E-state index in [0.29, 0.717) is 5.96 Å². The number of nitrogens with one attached hydrogen (secondary N) is 2. The summed E-state index contributed by atoms with van der Waals surface area (Å²) in [4.78, 5) is 18.0. The first-order valence-corrected chi connectivity index (χ1v) is 10.4. The molecule has 0 aliphatic heterocycles. The molecule has 1 amide bonds. The fraction of sp³-hybridized carbons (Fsp3) is 0.417. The third-order valence-electron chi connectivity index (χ3n) is 4.83. The molecule has 6 nitrogen and oxygen atoms in total. The van der Waals surface area contributed by atoms with Crippen LogP contribution in [0.5, 0.6) is 5.75 Å². The van der Waals surface area contributed by atoms with Crippen molar-refractivity contribution in [2.75, 3.05) is 34.3 Å². The summed E-state index contributed by atoms with van der Waals surface area (Å²) >= 11 is 0. The van der Waals surface area contributed by atoms with Crippen molar-refractivity contribution in [2.24, 2.45) is 4.99 Å². The van der Waals surface area contributed by atoms with Crippen molar-refractivity contribution < 1.29 is 9.53 Å². The van der Waals surface area contributed by atoms with Crippen LogP contribution in [0.25, 0.3) is 0 Å². The van der Waals surface area contributed by atoms with Gasteiger partial charge >= 0.3 is 0 Å². The molecule has 2 aromatic rings. The van der Waals surface area contributed by atoms with Crippen LogP contribution in [-0.4, -0.2) is 57.1 Å². The van der Waals surface area contributed by atoms with Crippen molar-refractivity contribution in [3.63, 3.8) is 0 Å². The summed E-state index contributed by atoms with van der Waals surface area (Å²) in [6, 6.07) is 18.7. The number of methoxy groups -OCH3 is 1. The average Bonchev–Trinajstić information content (AvgIpc) is 2.76. The Kier molecular flexibility index (Phi) is 9.71. The van der Waals surface area contributed by atoms with Crippen molar-refractivity contribution in [2.45, 2.75) is 32.2 Å². The molecule has 0 bridgehead atoms. The molecule has 0 fully saturated rings. The zero-order chi connectivity index (χ0) is 21.8. The monoisotopic (exact) mass is 410 g/mol. The molecule has 0 radical (unpaired) electrons. The molecule has 2 rings (SSSR count). The number of guanidine groups is 1. The summed E-state index contributed by atoms with van der Waals surface area (Å²) in [6.45, 7) is 2.98. The van der Waals surface area contributed by atoms with Gasteiger partial charge in [-0.05, 0) is 49.4 Å². The third kappa shape index (κ3) is 8.55. The lowest BCUT2D eigenvalue weighted by Crippen LogP contribution is -2.43. The molecule has 0 aromatic heterocycles. The Morgan fingerprint density at radius 1 is 1.03 bits per heavy atom. The van der Waals surface area contributed by atoms with Crippen LogP contribution >= 0.6 is 0 Å². The highest BCUT2D eigenvalue weighted by atomic mass is 16.5. The maximum Gasteiger partial charge on any atom is 0.243 e. The first kappa shape index (κ1) is 23.3. The molecule has 0 saturated carbocycles. The smallest absolute Gasteiger partial charge is 0.243 e. The highest BCUT2D eigenvalue weighted by Crippen LogP contribution is 2.11. The summed E-state index contributed by atoms with van der Waals surface area (Å²) in [7, 11) is 5.15. The van der Waals surface area contributed by atoms with Crippen molar-refractivity contribution in [3.05, 3.63) is 65.7 Å². The molecule has 0 saturated heterocycles. The second-order valence-electron chi connectivity index (χ2n) is 7.55. The number of ether oxygens (including phenoxy) is 1. The molecular weight excluding hydrogens is 376 g/mol. The molecule has 1 atom stereocenters. The number of likely N-dealkylation sites (N-methyl/N-ethyl adjacent to an activating group) is 1. The normalized spacial score (nSPS) is 12.2. The molecule has 0 spiro atoms. The number of rotatable bonds is 10. The summed E-state index contributed by atoms with van der Waals surface area (Å²) in [6.07, 6.45) is 2.82. The molecule has 1 unspecified atom stereocenters. The lowest BCUT2D eigenvalue weighted by Gasteiger charge is -2.19. The van der Waals surface area contributed by atoms with Crippen molar-refractivity contribution in [1.29, 1.82) is 0 Å². The minimum atomic E-state index is -0.0248. The summed E-state index contributed by atoms with van der Waals surface area (Å²) in [5.41, 5.74) is 2.53. The van der Waals surface area contributed by atoms with E-state index in [1.807, 2.05) is 18.2 Å². The number of carbonyl (C=O) groups is 1. The summed E-state index contributed by atoms with van der Waals surface area (Å²) < 4.78 is 5.20. The van der Waals surface area contributed by atoms with Crippen molar-refractivity contribution in [1.82, 2.24) is 15.5 Å². The van der Waals surface area contributed by atoms with Crippen LogP contribution in [0.1, 0.15) is 24.5 Å². The Balaban J connectivity index is 1.89. The minimum Gasteiger partial charge on any atom is -0.497 e. The molecule has 0 aliphatic carbocycles. The Bertz CT molecular complexity index is 789. The fourth-order valence-corrected chi connectivity index (χ4v) is 2.89. The molecule has 6 heteroatoms. The number of benzene rings is 2. The number of aliphatic imine (C=N–C) groups is 1. The Morgan fingerprint density at radius 2 is 1.70 bits per heavy atom. The summed E-state index contributed by atoms with van der Waals surface area (Å²) in [5.74, 6) is 1.49. The van der Waals surface area contributed by atoms with Gasteiger partial charge in [0, 0.05) is 26.7 Å². The average molecular weight is 411 g/mol. The van der Waals surface area contributed by atoms with Crippen molar-refractivity contribution >= 4 is 11.9 Å². The first-order chi connectivity index (χ1) is 14.5. The van der Waals surface area contributed by atoms with Gasteiger partial charge in [0.2, 0.25) is 5.91 Å². The maximum absolute atomic E-state index is 12.0. The predicted molar refractivity (Wildman–Crippen MR) is 123 cm³/mol. The molecule has 162 valence electrons. The topological polar surface area (TPSA) is 66.0 Å². The van der Waals surface area contributed by atoms with Crippen LogP contribution in [0, 0.1) is 0 Å². The largest absolute Gasteiger partial charge is 0.497 e. The molecule has 0 aliphatic rings. The first-order valence-electron chi connectivity index (χ1n) is 10.4. The van der Waals surface area contributed by atoms with Crippen LogP contribution in [-0.2, 0) is 17.6 Å². The molecule has 2 N–H and O–H groups in total. The van der Waals surface area contributed by atoms with Crippen LogP contribution in [0.4, 0.5) is 0 Å². The van der Waals surface area contributed by atoms with Crippen LogP contribution in [0.15, 0.2) is 59.6 Å². The van der Waals surface area contributed by atoms with Gasteiger partial charge in [-0.25, -0.2) is 4.99 Å². The second-order valence-corrected chi connectivity index (χ2v) is 7.55. The van der Waals surface area contributed by atoms with Gasteiger partial charge < -0.3 is 20.3 Å². The highest BCUT2D eigenvalue weighted by molar-refractivity contribution is 5.84. The fourth-order valence-electron chi connectivity index (χ4n) is 2.89. The van der Waals surface area contributed by atoms with E-state index in [1.54, 1.807) is 26.1 Å². The van der Waals surface area contributed by atoms with Gasteiger partial charge in [0.1, 0.15) is 12.3 Å². The van der Waals surface area contributed by atoms with Crippen LogP contribution in [0.3, 0.4) is 0 Å². The quantitative estimate of drug-likeness (QED) is 0.467. The van der Waals surface area contributed by atoms with E-state index in [0.717, 1.165) is 31.6 Å². The van der Waals surface area contributed by atoms with Crippen molar-refractivity contribution in [3.8, 4) is 5.75 Å². The highest BCUT2D eigenvalue weighted by Gasteiger charge is 2.08. The maximum atomic E-state index is 12.0. The minimum absolute atomic E-state index is 0.0248. The Labute approximate surface area is 180 Å². The standard InChI is InChI=1S/C24H34N4O2/c1-19(10-11-20-8-6-5-7-9-20)27-24(26-18-23(29)28(2)3)25-17-16-21-12-14-22(30-4)15-13-21/h5-9,12-15,19H,10-11,16-18H2,1-4H3,(H2,25,26,27). The SMILES string of the molecule is COc1ccc(CCNC(=NCC(=O)N(C)C)NC(C)CCc2ccccc2)cc1. The number of carbonyl (C=O) groups excluding carboxylic acids is 1.